The fourth-order valence-electron chi connectivity index (χ4n) is 2.14. The van der Waals surface area contributed by atoms with Crippen LogP contribution in [0.4, 0.5) is 0 Å². The van der Waals surface area contributed by atoms with Crippen LogP contribution in [0.2, 0.25) is 0 Å². The number of hydrogen-bond donors (Lipinski definition) is 0. The largest absolute Gasteiger partial charge is 0.380 e. The van der Waals surface area contributed by atoms with Crippen LogP contribution in [0.1, 0.15) is 36.0 Å². The van der Waals surface area contributed by atoms with Gasteiger partial charge in [0.05, 0.1) is 21.0 Å². The molecule has 1 unspecified atom stereocenters. The molecule has 2 heterocycles. The van der Waals surface area contributed by atoms with Gasteiger partial charge in [-0.15, -0.1) is 11.3 Å². The Morgan fingerprint density at radius 1 is 1.59 bits per heavy atom. The van der Waals surface area contributed by atoms with E-state index in [4.69, 9.17) is 4.74 Å². The summed E-state index contributed by atoms with van der Waals surface area (Å²) in [7, 11) is 1.67. The second-order valence-electron chi connectivity index (χ2n) is 4.81. The molecule has 0 bridgehead atoms. The molecule has 2 rings (SSSR count). The van der Waals surface area contributed by atoms with Crippen molar-refractivity contribution in [2.24, 2.45) is 0 Å². The van der Waals surface area contributed by atoms with Crippen LogP contribution in [0, 0.1) is 0 Å². The number of rotatable bonds is 3. The van der Waals surface area contributed by atoms with Crippen LogP contribution in [0.3, 0.4) is 0 Å². The van der Waals surface area contributed by atoms with Gasteiger partial charge in [-0.2, -0.15) is 0 Å². The molecule has 1 aliphatic heterocycles. The lowest BCUT2D eigenvalue weighted by Crippen LogP contribution is -2.43. The number of fused-ring (bicyclic) bond motifs is 1. The summed E-state index contributed by atoms with van der Waals surface area (Å²) < 4.78 is 6.27. The van der Waals surface area contributed by atoms with Gasteiger partial charge in [0.1, 0.15) is 0 Å². The van der Waals surface area contributed by atoms with Gasteiger partial charge in [-0.25, -0.2) is 0 Å². The fourth-order valence-corrected chi connectivity index (χ4v) is 3.84. The number of carbonyl (C=O) groups excluding carboxylic acids is 1. The summed E-state index contributed by atoms with van der Waals surface area (Å²) in [6, 6.07) is 1.92. The molecule has 0 N–H and O–H groups in total. The van der Waals surface area contributed by atoms with Crippen LogP contribution in [0.5, 0.6) is 0 Å². The first-order valence-electron chi connectivity index (χ1n) is 5.52. The molecule has 0 aromatic carbocycles. The third-order valence-corrected chi connectivity index (χ3v) is 5.20. The first kappa shape index (κ1) is 13.1. The Balaban J connectivity index is 2.34. The van der Waals surface area contributed by atoms with Crippen molar-refractivity contribution >= 4 is 33.2 Å². The third-order valence-electron chi connectivity index (χ3n) is 3.25. The fraction of sp³-hybridized carbons (Fsp3) is 0.583. The Labute approximate surface area is 114 Å². The Morgan fingerprint density at radius 3 is 2.76 bits per heavy atom. The van der Waals surface area contributed by atoms with Crippen molar-refractivity contribution in [1.29, 1.82) is 0 Å². The van der Waals surface area contributed by atoms with Crippen molar-refractivity contribution in [3.8, 4) is 0 Å². The topological polar surface area (TPSA) is 29.5 Å². The minimum absolute atomic E-state index is 0.0515. The zero-order chi connectivity index (χ0) is 12.8. The molecule has 0 spiro atoms. The average Bonchev–Trinajstić information content (AvgIpc) is 2.72. The lowest BCUT2D eigenvalue weighted by Gasteiger charge is -2.33. The minimum atomic E-state index is -0.240. The zero-order valence-electron chi connectivity index (χ0n) is 10.4. The van der Waals surface area contributed by atoms with Crippen molar-refractivity contribution in [3.63, 3.8) is 0 Å². The summed E-state index contributed by atoms with van der Waals surface area (Å²) in [6.07, 6.45) is 0.0515. The van der Waals surface area contributed by atoms with Crippen molar-refractivity contribution in [1.82, 2.24) is 4.90 Å². The molecule has 1 aliphatic rings. The molecule has 0 aliphatic carbocycles. The number of ether oxygens (including phenoxy) is 1. The van der Waals surface area contributed by atoms with Crippen LogP contribution >= 0.6 is 27.3 Å². The smallest absolute Gasteiger partial charge is 0.255 e. The molecule has 0 saturated heterocycles. The average molecular weight is 318 g/mol. The van der Waals surface area contributed by atoms with Crippen molar-refractivity contribution in [3.05, 3.63) is 20.3 Å². The predicted octanol–water partition coefficient (Wildman–Crippen LogP) is 3.24. The van der Waals surface area contributed by atoms with Gasteiger partial charge in [-0.3, -0.25) is 4.79 Å². The maximum Gasteiger partial charge on any atom is 0.255 e. The molecule has 17 heavy (non-hydrogen) atoms. The van der Waals surface area contributed by atoms with Gasteiger partial charge in [0.15, 0.2) is 0 Å². The van der Waals surface area contributed by atoms with Crippen molar-refractivity contribution in [2.75, 3.05) is 13.7 Å². The molecular weight excluding hydrogens is 302 g/mol. The van der Waals surface area contributed by atoms with E-state index < -0.39 is 0 Å². The SMILES string of the molecule is COC(C)CN1C(=O)c2cc(Br)sc2C1(C)C. The van der Waals surface area contributed by atoms with Gasteiger partial charge in [-0.1, -0.05) is 0 Å². The predicted molar refractivity (Wildman–Crippen MR) is 72.6 cm³/mol. The lowest BCUT2D eigenvalue weighted by atomic mass is 10.0. The van der Waals surface area contributed by atoms with Crippen LogP contribution in [-0.4, -0.2) is 30.6 Å². The summed E-state index contributed by atoms with van der Waals surface area (Å²) in [5, 5.41) is 0. The highest BCUT2D eigenvalue weighted by atomic mass is 79.9. The van der Waals surface area contributed by atoms with E-state index in [0.29, 0.717) is 6.54 Å². The van der Waals surface area contributed by atoms with Gasteiger partial charge in [0, 0.05) is 18.5 Å². The van der Waals surface area contributed by atoms with Gasteiger partial charge in [0.25, 0.3) is 5.91 Å². The van der Waals surface area contributed by atoms with E-state index in [1.165, 1.54) is 0 Å². The molecule has 0 saturated carbocycles. The molecule has 1 amide bonds. The minimum Gasteiger partial charge on any atom is -0.380 e. The Bertz CT molecular complexity index is 455. The summed E-state index contributed by atoms with van der Waals surface area (Å²) >= 11 is 5.08. The van der Waals surface area contributed by atoms with Crippen LogP contribution < -0.4 is 0 Å². The van der Waals surface area contributed by atoms with E-state index in [1.807, 2.05) is 17.9 Å². The number of halogens is 1. The Morgan fingerprint density at radius 2 is 2.24 bits per heavy atom. The Hall–Kier alpha value is -0.390. The van der Waals surface area contributed by atoms with E-state index in [2.05, 4.69) is 29.8 Å². The second kappa shape index (κ2) is 4.37. The van der Waals surface area contributed by atoms with Gasteiger partial charge in [-0.05, 0) is 42.8 Å². The highest BCUT2D eigenvalue weighted by molar-refractivity contribution is 9.11. The monoisotopic (exact) mass is 317 g/mol. The zero-order valence-corrected chi connectivity index (χ0v) is 12.8. The first-order chi connectivity index (χ1) is 7.87. The molecule has 1 atom stereocenters. The number of carbonyl (C=O) groups is 1. The molecule has 94 valence electrons. The first-order valence-corrected chi connectivity index (χ1v) is 7.13. The molecule has 1 aromatic heterocycles. The Kier molecular flexibility index (Phi) is 3.36. The number of nitrogens with zero attached hydrogens (tertiary/aromatic N) is 1. The number of thiophene rings is 1. The lowest BCUT2D eigenvalue weighted by molar-refractivity contribution is 0.0329. The highest BCUT2D eigenvalue weighted by Crippen LogP contribution is 2.45. The van der Waals surface area contributed by atoms with Crippen molar-refractivity contribution < 1.29 is 9.53 Å². The normalized spacial score (nSPS) is 19.6. The maximum atomic E-state index is 12.3. The van der Waals surface area contributed by atoms with Crippen molar-refractivity contribution in [2.45, 2.75) is 32.4 Å². The molecule has 1 aromatic rings. The third kappa shape index (κ3) is 2.04. The van der Waals surface area contributed by atoms with Crippen LogP contribution in [0.15, 0.2) is 9.85 Å². The van der Waals surface area contributed by atoms with Crippen LogP contribution in [0.25, 0.3) is 0 Å². The maximum absolute atomic E-state index is 12.3. The van der Waals surface area contributed by atoms with E-state index in [9.17, 15) is 4.79 Å². The van der Waals surface area contributed by atoms with Gasteiger partial charge in [0.2, 0.25) is 0 Å². The molecule has 3 nitrogen and oxygen atoms in total. The number of methoxy groups -OCH3 is 1. The van der Waals surface area contributed by atoms with Gasteiger partial charge >= 0.3 is 0 Å². The number of hydrogen-bond acceptors (Lipinski definition) is 3. The highest BCUT2D eigenvalue weighted by Gasteiger charge is 2.44. The second-order valence-corrected chi connectivity index (χ2v) is 7.25. The van der Waals surface area contributed by atoms with E-state index >= 15 is 0 Å². The summed E-state index contributed by atoms with van der Waals surface area (Å²) in [5.41, 5.74) is 0.589. The summed E-state index contributed by atoms with van der Waals surface area (Å²) in [6.45, 7) is 6.77. The van der Waals surface area contributed by atoms with Crippen LogP contribution in [-0.2, 0) is 10.3 Å². The van der Waals surface area contributed by atoms with E-state index in [0.717, 1.165) is 14.2 Å². The van der Waals surface area contributed by atoms with Gasteiger partial charge < -0.3 is 9.64 Å². The standard InChI is InChI=1S/C12H16BrNO2S/c1-7(16-4)6-14-11(15)8-5-9(13)17-10(8)12(14,2)3/h5,7H,6H2,1-4H3. The molecular formula is C12H16BrNO2S. The summed E-state index contributed by atoms with van der Waals surface area (Å²) in [4.78, 5) is 15.4. The molecule has 5 heteroatoms. The quantitative estimate of drug-likeness (QED) is 0.856. The molecule has 0 radical (unpaired) electrons. The molecule has 0 fully saturated rings. The number of amides is 1. The van der Waals surface area contributed by atoms with E-state index in [-0.39, 0.29) is 17.6 Å². The van der Waals surface area contributed by atoms with E-state index in [1.54, 1.807) is 18.4 Å². The summed E-state index contributed by atoms with van der Waals surface area (Å²) in [5.74, 6) is 0.107.